The Balaban J connectivity index is 1.67. The Morgan fingerprint density at radius 3 is 2.90 bits per heavy atom. The molecule has 6 nitrogen and oxygen atoms in total. The maximum absolute atomic E-state index is 14.7. The van der Waals surface area contributed by atoms with Crippen LogP contribution in [0.25, 0.3) is 21.3 Å². The van der Waals surface area contributed by atoms with Gasteiger partial charge in [0.05, 0.1) is 16.2 Å². The number of hydrogen-bond acceptors (Lipinski definition) is 5. The van der Waals surface area contributed by atoms with Gasteiger partial charge in [0, 0.05) is 53.7 Å². The number of aliphatic hydroxyl groups excluding tert-OH is 1. The second-order valence-electron chi connectivity index (χ2n) is 7.96. The summed E-state index contributed by atoms with van der Waals surface area (Å²) >= 11 is 7.69. The highest BCUT2D eigenvalue weighted by atomic mass is 35.5. The fourth-order valence-corrected chi connectivity index (χ4v) is 6.06. The van der Waals surface area contributed by atoms with Crippen molar-refractivity contribution in [3.63, 3.8) is 0 Å². The minimum atomic E-state index is -0.891. The average Bonchev–Trinajstić information content (AvgIpc) is 3.38. The van der Waals surface area contributed by atoms with Gasteiger partial charge >= 0.3 is 6.09 Å². The van der Waals surface area contributed by atoms with Crippen LogP contribution in [0.15, 0.2) is 24.4 Å². The van der Waals surface area contributed by atoms with Crippen molar-refractivity contribution in [2.75, 3.05) is 24.5 Å². The summed E-state index contributed by atoms with van der Waals surface area (Å²) in [6, 6.07) is 5.81. The number of thiophene rings is 1. The van der Waals surface area contributed by atoms with E-state index in [4.69, 9.17) is 11.6 Å². The van der Waals surface area contributed by atoms with E-state index in [-0.39, 0.29) is 23.0 Å². The molecule has 1 unspecified atom stereocenters. The molecule has 0 spiro atoms. The van der Waals surface area contributed by atoms with Crippen molar-refractivity contribution in [1.82, 2.24) is 9.88 Å². The molecular formula is C22H21ClFN3O3S. The quantitative estimate of drug-likeness (QED) is 0.588. The topological polar surface area (TPSA) is 76.9 Å². The fraction of sp³-hybridized carbons (Fsp3) is 0.364. The summed E-state index contributed by atoms with van der Waals surface area (Å²) in [5.74, 6) is -0.481. The zero-order valence-corrected chi connectivity index (χ0v) is 18.2. The summed E-state index contributed by atoms with van der Waals surface area (Å²) < 4.78 is 15.4. The molecule has 0 bridgehead atoms. The summed E-state index contributed by atoms with van der Waals surface area (Å²) in [5, 5.41) is 19.5. The smallest absolute Gasteiger partial charge is 0.407 e. The minimum Gasteiger partial charge on any atom is -0.465 e. The molecule has 2 aliphatic rings. The summed E-state index contributed by atoms with van der Waals surface area (Å²) in [7, 11) is 0. The lowest BCUT2D eigenvalue weighted by Gasteiger charge is -2.38. The number of halogens is 2. The molecule has 0 saturated carbocycles. The molecule has 31 heavy (non-hydrogen) atoms. The zero-order valence-electron chi connectivity index (χ0n) is 16.6. The Hall–Kier alpha value is -2.42. The standard InChI is InChI=1S/C22H21ClFN3O3S/c23-13-8-12-2-1-6-27(14-4-7-26(10-14)22(29)30)20(12)16(9-13)15-3-5-25-19-18(24)17(11-28)31-21(15)19/h3,5,8-9,14,28H,1-2,4,6-7,10-11H2,(H,29,30). The predicted octanol–water partition coefficient (Wildman–Crippen LogP) is 4.75. The third kappa shape index (κ3) is 3.43. The van der Waals surface area contributed by atoms with Crippen LogP contribution < -0.4 is 4.90 Å². The molecular weight excluding hydrogens is 441 g/mol. The number of amides is 1. The highest BCUT2D eigenvalue weighted by molar-refractivity contribution is 7.19. The van der Waals surface area contributed by atoms with Gasteiger partial charge in [-0.2, -0.15) is 0 Å². The first-order valence-corrected chi connectivity index (χ1v) is 11.4. The Morgan fingerprint density at radius 1 is 1.32 bits per heavy atom. The number of aryl methyl sites for hydroxylation is 1. The first-order chi connectivity index (χ1) is 15.0. The number of likely N-dealkylation sites (tertiary alicyclic amines) is 1. The predicted molar refractivity (Wildman–Crippen MR) is 120 cm³/mol. The molecule has 1 saturated heterocycles. The van der Waals surface area contributed by atoms with Crippen molar-refractivity contribution in [2.24, 2.45) is 0 Å². The average molecular weight is 462 g/mol. The SMILES string of the molecule is O=C(O)N1CCC(N2CCCc3cc(Cl)cc(-c4ccnc5c(F)c(CO)sc45)c32)C1. The monoisotopic (exact) mass is 461 g/mol. The molecule has 1 aromatic carbocycles. The third-order valence-corrected chi connectivity index (χ3v) is 7.57. The molecule has 1 fully saturated rings. The number of rotatable bonds is 3. The number of fused-ring (bicyclic) bond motifs is 2. The molecule has 2 N–H and O–H groups in total. The fourth-order valence-electron chi connectivity index (χ4n) is 4.80. The summed E-state index contributed by atoms with van der Waals surface area (Å²) in [6.07, 6.45) is 3.30. The van der Waals surface area contributed by atoms with Gasteiger partial charge in [-0.3, -0.25) is 4.98 Å². The molecule has 162 valence electrons. The van der Waals surface area contributed by atoms with Crippen molar-refractivity contribution in [2.45, 2.75) is 31.9 Å². The van der Waals surface area contributed by atoms with Crippen molar-refractivity contribution in [3.8, 4) is 11.1 Å². The van der Waals surface area contributed by atoms with E-state index >= 15 is 0 Å². The minimum absolute atomic E-state index is 0.0838. The van der Waals surface area contributed by atoms with Crippen LogP contribution in [0, 0.1) is 5.82 Å². The van der Waals surface area contributed by atoms with Gasteiger partial charge in [0.15, 0.2) is 5.82 Å². The zero-order chi connectivity index (χ0) is 21.7. The second kappa shape index (κ2) is 7.93. The van der Waals surface area contributed by atoms with Crippen LogP contribution in [-0.2, 0) is 13.0 Å². The Morgan fingerprint density at radius 2 is 2.16 bits per heavy atom. The van der Waals surface area contributed by atoms with E-state index in [9.17, 15) is 19.4 Å². The van der Waals surface area contributed by atoms with E-state index in [2.05, 4.69) is 9.88 Å². The van der Waals surface area contributed by atoms with Crippen molar-refractivity contribution in [3.05, 3.63) is 45.7 Å². The lowest BCUT2D eigenvalue weighted by atomic mass is 9.92. The molecule has 1 amide bonds. The largest absolute Gasteiger partial charge is 0.465 e. The number of aromatic nitrogens is 1. The van der Waals surface area contributed by atoms with Crippen LogP contribution in [0.3, 0.4) is 0 Å². The molecule has 2 aromatic heterocycles. The number of carboxylic acid groups (broad SMARTS) is 1. The van der Waals surface area contributed by atoms with Crippen LogP contribution in [0.4, 0.5) is 14.9 Å². The van der Waals surface area contributed by atoms with E-state index in [0.717, 1.165) is 48.2 Å². The summed E-state index contributed by atoms with van der Waals surface area (Å²) in [6.45, 7) is 1.43. The van der Waals surface area contributed by atoms with Gasteiger partial charge in [-0.15, -0.1) is 11.3 Å². The number of pyridine rings is 1. The van der Waals surface area contributed by atoms with Gasteiger partial charge in [0.1, 0.15) is 5.52 Å². The maximum atomic E-state index is 14.7. The number of anilines is 1. The Bertz CT molecular complexity index is 1180. The van der Waals surface area contributed by atoms with E-state index in [1.807, 2.05) is 18.2 Å². The van der Waals surface area contributed by atoms with Crippen molar-refractivity contribution < 1.29 is 19.4 Å². The van der Waals surface area contributed by atoms with Crippen LogP contribution in [0.2, 0.25) is 5.02 Å². The van der Waals surface area contributed by atoms with Gasteiger partial charge in [0.2, 0.25) is 0 Å². The van der Waals surface area contributed by atoms with E-state index in [0.29, 0.717) is 22.8 Å². The molecule has 5 rings (SSSR count). The van der Waals surface area contributed by atoms with E-state index in [1.165, 1.54) is 16.2 Å². The van der Waals surface area contributed by atoms with Crippen LogP contribution >= 0.6 is 22.9 Å². The van der Waals surface area contributed by atoms with Crippen molar-refractivity contribution in [1.29, 1.82) is 0 Å². The van der Waals surface area contributed by atoms with Crippen LogP contribution in [0.5, 0.6) is 0 Å². The molecule has 2 aliphatic heterocycles. The number of nitrogens with zero attached hydrogens (tertiary/aromatic N) is 3. The first-order valence-electron chi connectivity index (χ1n) is 10.2. The molecule has 3 aromatic rings. The number of carbonyl (C=O) groups is 1. The van der Waals surface area contributed by atoms with Gasteiger partial charge in [-0.25, -0.2) is 9.18 Å². The summed E-state index contributed by atoms with van der Waals surface area (Å²) in [5.41, 5.74) is 4.13. The highest BCUT2D eigenvalue weighted by Gasteiger charge is 2.34. The van der Waals surface area contributed by atoms with E-state index in [1.54, 1.807) is 6.20 Å². The number of benzene rings is 1. The first kappa shape index (κ1) is 20.5. The van der Waals surface area contributed by atoms with Gasteiger partial charge in [-0.05, 0) is 43.0 Å². The number of hydrogen-bond donors (Lipinski definition) is 2. The van der Waals surface area contributed by atoms with Crippen LogP contribution in [0.1, 0.15) is 23.3 Å². The van der Waals surface area contributed by atoms with Crippen molar-refractivity contribution >= 4 is 44.9 Å². The molecule has 0 aliphatic carbocycles. The normalized spacial score (nSPS) is 18.6. The molecule has 1 atom stereocenters. The molecule has 4 heterocycles. The third-order valence-electron chi connectivity index (χ3n) is 6.18. The van der Waals surface area contributed by atoms with E-state index < -0.39 is 11.9 Å². The lowest BCUT2D eigenvalue weighted by Crippen LogP contribution is -2.42. The van der Waals surface area contributed by atoms with Gasteiger partial charge in [-0.1, -0.05) is 11.6 Å². The molecule has 9 heteroatoms. The Labute approximate surface area is 187 Å². The van der Waals surface area contributed by atoms with Crippen LogP contribution in [-0.4, -0.2) is 51.9 Å². The highest BCUT2D eigenvalue weighted by Crippen LogP contribution is 2.45. The molecule has 0 radical (unpaired) electrons. The summed E-state index contributed by atoms with van der Waals surface area (Å²) in [4.78, 5) is 19.7. The number of aliphatic hydroxyl groups is 1. The van der Waals surface area contributed by atoms with Gasteiger partial charge < -0.3 is 20.0 Å². The lowest BCUT2D eigenvalue weighted by molar-refractivity contribution is 0.155. The Kier molecular flexibility index (Phi) is 5.24. The second-order valence-corrected chi connectivity index (χ2v) is 9.50. The van der Waals surface area contributed by atoms with Gasteiger partial charge in [0.25, 0.3) is 0 Å². The maximum Gasteiger partial charge on any atom is 0.407 e.